The van der Waals surface area contributed by atoms with Crippen molar-refractivity contribution in [2.45, 2.75) is 25.7 Å². The number of carbonyl (C=O) groups excluding carboxylic acids is 2. The number of nitrogens with zero attached hydrogens (tertiary/aromatic N) is 1. The minimum Gasteiger partial charge on any atom is -0.464 e. The molecule has 0 saturated heterocycles. The average molecular weight is 419 g/mol. The molecule has 1 aliphatic heterocycles. The lowest BCUT2D eigenvalue weighted by molar-refractivity contribution is -0.146. The van der Waals surface area contributed by atoms with E-state index in [9.17, 15) is 22.8 Å². The Morgan fingerprint density at radius 3 is 2.61 bits per heavy atom. The quantitative estimate of drug-likeness (QED) is 0.524. The molecule has 0 aliphatic carbocycles. The highest BCUT2D eigenvalue weighted by molar-refractivity contribution is 6.14. The molecule has 2 heterocycles. The van der Waals surface area contributed by atoms with Crippen molar-refractivity contribution in [2.24, 2.45) is 5.73 Å². The Labute approximate surface area is 164 Å². The number of fused-ring (bicyclic) bond motifs is 1. The number of hydrogen-bond donors (Lipinski definition) is 3. The molecule has 1 aromatic heterocycles. The van der Waals surface area contributed by atoms with Gasteiger partial charge < -0.3 is 25.7 Å². The lowest BCUT2D eigenvalue weighted by atomic mass is 10.1. The monoisotopic (exact) mass is 418 g/mol. The van der Waals surface area contributed by atoms with Gasteiger partial charge in [0, 0.05) is 18.9 Å². The van der Waals surface area contributed by atoms with Gasteiger partial charge in [0.2, 0.25) is 6.04 Å². The number of benzene rings is 1. The Bertz CT molecular complexity index is 898. The molecule has 1 aromatic carbocycles. The summed E-state index contributed by atoms with van der Waals surface area (Å²) in [5.74, 6) is -1.60. The van der Waals surface area contributed by atoms with Crippen LogP contribution in [-0.4, -0.2) is 29.1 Å². The molecule has 0 bridgehead atoms. The molecule has 7 nitrogen and oxygen atoms in total. The van der Waals surface area contributed by atoms with E-state index in [0.717, 1.165) is 6.07 Å². The Hall–Kier alpha value is -2.72. The van der Waals surface area contributed by atoms with Gasteiger partial charge >= 0.3 is 12.1 Å². The van der Waals surface area contributed by atoms with Crippen molar-refractivity contribution in [1.29, 1.82) is 0 Å². The van der Waals surface area contributed by atoms with Gasteiger partial charge in [0.25, 0.3) is 5.91 Å². The number of amides is 1. The van der Waals surface area contributed by atoms with Gasteiger partial charge in [-0.05, 0) is 30.7 Å². The molecule has 2 aromatic rings. The molecule has 0 saturated carbocycles. The summed E-state index contributed by atoms with van der Waals surface area (Å²) >= 11 is 0. The highest BCUT2D eigenvalue weighted by Crippen LogP contribution is 2.40. The predicted molar refractivity (Wildman–Crippen MR) is 98.6 cm³/mol. The number of esters is 1. The third-order valence-electron chi connectivity index (χ3n) is 4.05. The first kappa shape index (κ1) is 21.6. The third kappa shape index (κ3) is 4.07. The summed E-state index contributed by atoms with van der Waals surface area (Å²) in [5.41, 5.74) is 5.20. The van der Waals surface area contributed by atoms with Crippen LogP contribution in [0.2, 0.25) is 0 Å². The number of ether oxygens (including phenoxy) is 1. The van der Waals surface area contributed by atoms with Crippen LogP contribution in [-0.2, 0) is 27.0 Å². The van der Waals surface area contributed by atoms with Crippen LogP contribution in [0.3, 0.4) is 0 Å². The van der Waals surface area contributed by atoms with Gasteiger partial charge in [0.1, 0.15) is 0 Å². The number of aromatic nitrogens is 1. The second-order valence-electron chi connectivity index (χ2n) is 5.86. The first-order valence-electron chi connectivity index (χ1n) is 8.11. The second kappa shape index (κ2) is 8.11. The summed E-state index contributed by atoms with van der Waals surface area (Å²) in [7, 11) is 0. The number of nitrogens with two attached hydrogens (primary N) is 1. The molecule has 0 radical (unpaired) electrons. The van der Waals surface area contributed by atoms with Crippen LogP contribution in [0.15, 0.2) is 30.6 Å². The molecule has 0 spiro atoms. The molecule has 1 unspecified atom stereocenters. The summed E-state index contributed by atoms with van der Waals surface area (Å²) in [6.07, 6.45) is -1.70. The minimum absolute atomic E-state index is 0. The zero-order chi connectivity index (χ0) is 19.8. The van der Waals surface area contributed by atoms with Crippen LogP contribution in [0.25, 0.3) is 5.69 Å². The van der Waals surface area contributed by atoms with Gasteiger partial charge in [-0.25, -0.2) is 4.79 Å². The summed E-state index contributed by atoms with van der Waals surface area (Å²) in [4.78, 5) is 24.0. The van der Waals surface area contributed by atoms with Gasteiger partial charge in [-0.1, -0.05) is 0 Å². The minimum atomic E-state index is -4.65. The molecule has 1 aliphatic rings. The maximum Gasteiger partial charge on any atom is 0.418 e. The molecule has 0 fully saturated rings. The van der Waals surface area contributed by atoms with Gasteiger partial charge in [0.05, 0.1) is 29.2 Å². The molecule has 4 N–H and O–H groups in total. The van der Waals surface area contributed by atoms with E-state index in [1.807, 2.05) is 0 Å². The fraction of sp³-hybridized carbons (Fsp3) is 0.294. The van der Waals surface area contributed by atoms with Gasteiger partial charge in [-0.2, -0.15) is 13.2 Å². The van der Waals surface area contributed by atoms with E-state index >= 15 is 0 Å². The van der Waals surface area contributed by atoms with E-state index < -0.39 is 29.7 Å². The normalized spacial score (nSPS) is 15.8. The highest BCUT2D eigenvalue weighted by Gasteiger charge is 2.38. The lowest BCUT2D eigenvalue weighted by Gasteiger charge is -2.27. The van der Waals surface area contributed by atoms with Crippen molar-refractivity contribution in [3.05, 3.63) is 41.7 Å². The van der Waals surface area contributed by atoms with Crippen LogP contribution in [0.5, 0.6) is 0 Å². The first-order valence-corrected chi connectivity index (χ1v) is 8.11. The van der Waals surface area contributed by atoms with Crippen molar-refractivity contribution in [2.75, 3.05) is 17.2 Å². The molecule has 11 heteroatoms. The topological polar surface area (TPSA) is 98.4 Å². The predicted octanol–water partition coefficient (Wildman–Crippen LogP) is 2.67. The van der Waals surface area contributed by atoms with Crippen molar-refractivity contribution >= 4 is 35.7 Å². The summed E-state index contributed by atoms with van der Waals surface area (Å²) in [5, 5.41) is 4.97. The highest BCUT2D eigenvalue weighted by atomic mass is 35.5. The summed E-state index contributed by atoms with van der Waals surface area (Å²) in [6, 6.07) is 2.32. The Morgan fingerprint density at radius 2 is 2.04 bits per heavy atom. The molecule has 28 heavy (non-hydrogen) atoms. The van der Waals surface area contributed by atoms with Gasteiger partial charge in [-0.3, -0.25) is 4.79 Å². The fourth-order valence-electron chi connectivity index (χ4n) is 2.78. The zero-order valence-corrected chi connectivity index (χ0v) is 15.5. The van der Waals surface area contributed by atoms with Crippen molar-refractivity contribution in [1.82, 2.24) is 4.57 Å². The van der Waals surface area contributed by atoms with E-state index in [2.05, 4.69) is 10.6 Å². The second-order valence-corrected chi connectivity index (χ2v) is 5.86. The van der Waals surface area contributed by atoms with Gasteiger partial charge in [0.15, 0.2) is 0 Å². The SMILES string of the molecule is CCOC(=O)C1Nc2cc(-n3ccc(CN)c3)c(C(F)(F)F)cc2NC1=O.Cl. The van der Waals surface area contributed by atoms with Crippen molar-refractivity contribution < 1.29 is 27.5 Å². The fourth-order valence-corrected chi connectivity index (χ4v) is 2.78. The van der Waals surface area contributed by atoms with E-state index in [0.29, 0.717) is 5.56 Å². The Balaban J connectivity index is 0.00000280. The van der Waals surface area contributed by atoms with E-state index in [1.54, 1.807) is 13.0 Å². The van der Waals surface area contributed by atoms with Crippen molar-refractivity contribution in [3.8, 4) is 5.69 Å². The standard InChI is InChI=1S/C17H17F3N4O3.ClH/c1-2-27-16(26)14-15(25)23-11-5-10(17(18,19)20)13(6-12(11)22-14)24-4-3-9(7-21)8-24;/h3-6,8,14,22H,2,7,21H2,1H3,(H,23,25);1H. The number of hydrogen-bond acceptors (Lipinski definition) is 5. The molecule has 1 amide bonds. The van der Waals surface area contributed by atoms with Gasteiger partial charge in [-0.15, -0.1) is 12.4 Å². The largest absolute Gasteiger partial charge is 0.464 e. The van der Waals surface area contributed by atoms with E-state index in [-0.39, 0.29) is 42.6 Å². The summed E-state index contributed by atoms with van der Waals surface area (Å²) in [6.45, 7) is 1.83. The Morgan fingerprint density at radius 1 is 1.32 bits per heavy atom. The van der Waals surface area contributed by atoms with Crippen molar-refractivity contribution in [3.63, 3.8) is 0 Å². The summed E-state index contributed by atoms with van der Waals surface area (Å²) < 4.78 is 46.8. The van der Waals surface area contributed by atoms with E-state index in [4.69, 9.17) is 10.5 Å². The Kier molecular flexibility index (Phi) is 6.25. The number of halogens is 4. The maximum absolute atomic E-state index is 13.5. The number of alkyl halides is 3. The van der Waals surface area contributed by atoms with E-state index in [1.165, 1.54) is 23.0 Å². The third-order valence-corrected chi connectivity index (χ3v) is 4.05. The van der Waals surface area contributed by atoms with Crippen LogP contribution in [0.4, 0.5) is 24.5 Å². The van der Waals surface area contributed by atoms with Crippen LogP contribution >= 0.6 is 12.4 Å². The first-order chi connectivity index (χ1) is 12.7. The molecule has 3 rings (SSSR count). The zero-order valence-electron chi connectivity index (χ0n) is 14.7. The number of carbonyl (C=O) groups is 2. The average Bonchev–Trinajstić information content (AvgIpc) is 3.08. The molecule has 1 atom stereocenters. The molecular weight excluding hydrogens is 401 g/mol. The van der Waals surface area contributed by atoms with Crippen LogP contribution in [0, 0.1) is 0 Å². The van der Waals surface area contributed by atoms with Crippen LogP contribution in [0.1, 0.15) is 18.1 Å². The number of nitrogens with one attached hydrogen (secondary N) is 2. The maximum atomic E-state index is 13.5. The van der Waals surface area contributed by atoms with Crippen LogP contribution < -0.4 is 16.4 Å². The molecule has 152 valence electrons. The smallest absolute Gasteiger partial charge is 0.418 e. The lowest BCUT2D eigenvalue weighted by Crippen LogP contribution is -2.45. The molecular formula is C17H18ClF3N4O3. The number of anilines is 2. The number of rotatable bonds is 4.